The summed E-state index contributed by atoms with van der Waals surface area (Å²) in [6.07, 6.45) is 0. The van der Waals surface area contributed by atoms with Crippen LogP contribution in [0.1, 0.15) is 0 Å². The number of aromatic nitrogens is 4. The van der Waals surface area contributed by atoms with Gasteiger partial charge in [-0.15, -0.1) is 0 Å². The first-order valence-corrected chi connectivity index (χ1v) is 18.3. The monoisotopic (exact) mass is 688 g/mol. The third-order valence-electron chi connectivity index (χ3n) is 10.7. The van der Waals surface area contributed by atoms with Crippen molar-refractivity contribution in [1.82, 2.24) is 19.1 Å². The molecule has 0 radical (unpaired) electrons. The highest BCUT2D eigenvalue weighted by Gasteiger charge is 2.28. The van der Waals surface area contributed by atoms with Crippen LogP contribution >= 0.6 is 0 Å². The van der Waals surface area contributed by atoms with E-state index in [4.69, 9.17) is 9.97 Å². The predicted octanol–water partition coefficient (Wildman–Crippen LogP) is 12.8. The summed E-state index contributed by atoms with van der Waals surface area (Å²) in [5.41, 5.74) is 10.5. The van der Waals surface area contributed by atoms with Gasteiger partial charge in [-0.1, -0.05) is 146 Å². The molecule has 0 saturated heterocycles. The average Bonchev–Trinajstić information content (AvgIpc) is 3.82. The molecule has 0 N–H and O–H groups in total. The lowest BCUT2D eigenvalue weighted by Gasteiger charge is -2.18. The quantitative estimate of drug-likeness (QED) is 0.180. The van der Waals surface area contributed by atoms with E-state index < -0.39 is 0 Å². The lowest BCUT2D eigenvalue weighted by molar-refractivity contribution is 1.02. The Morgan fingerprint density at radius 1 is 0.352 bits per heavy atom. The standard InChI is InChI=1S/C50H32N4/c1-3-19-39(20-4-1)53-44-26-14-13-25-43(44)51-49(53)50-52-47-45(37-29-27-33-15-7-9-17-35(33)31-37)41-23-11-12-24-42(41)46(48(47)54(50)40-21-5-2-6-22-40)38-30-28-34-16-8-10-18-36(34)32-38/h1-32H. The van der Waals surface area contributed by atoms with E-state index in [0.29, 0.717) is 0 Å². The van der Waals surface area contributed by atoms with Gasteiger partial charge in [0.05, 0.1) is 22.1 Å². The fourth-order valence-corrected chi connectivity index (χ4v) is 8.27. The van der Waals surface area contributed by atoms with Gasteiger partial charge in [-0.25, -0.2) is 9.97 Å². The Kier molecular flexibility index (Phi) is 6.82. The maximum absolute atomic E-state index is 5.78. The van der Waals surface area contributed by atoms with E-state index >= 15 is 0 Å². The van der Waals surface area contributed by atoms with Crippen LogP contribution in [0, 0.1) is 0 Å². The van der Waals surface area contributed by atoms with E-state index in [0.717, 1.165) is 72.7 Å². The Hall–Kier alpha value is -7.30. The molecule has 4 nitrogen and oxygen atoms in total. The van der Waals surface area contributed by atoms with Crippen molar-refractivity contribution in [1.29, 1.82) is 0 Å². The number of para-hydroxylation sites is 4. The van der Waals surface area contributed by atoms with E-state index in [1.807, 2.05) is 0 Å². The van der Waals surface area contributed by atoms with Gasteiger partial charge in [0, 0.05) is 22.5 Å². The minimum atomic E-state index is 0.774. The van der Waals surface area contributed by atoms with Gasteiger partial charge in [0.2, 0.25) is 0 Å². The molecule has 11 aromatic rings. The summed E-state index contributed by atoms with van der Waals surface area (Å²) in [5.74, 6) is 1.55. The zero-order valence-electron chi connectivity index (χ0n) is 29.3. The van der Waals surface area contributed by atoms with Crippen molar-refractivity contribution in [3.63, 3.8) is 0 Å². The molecular weight excluding hydrogens is 657 g/mol. The van der Waals surface area contributed by atoms with Crippen molar-refractivity contribution >= 4 is 54.4 Å². The Bertz CT molecular complexity index is 3210. The largest absolute Gasteiger partial charge is 0.290 e. The molecule has 4 heteroatoms. The number of rotatable bonds is 5. The molecule has 252 valence electrons. The number of hydrogen-bond donors (Lipinski definition) is 0. The number of nitrogens with zero attached hydrogens (tertiary/aromatic N) is 4. The molecule has 54 heavy (non-hydrogen) atoms. The molecule has 9 aromatic carbocycles. The molecule has 0 saturated carbocycles. The second-order valence-corrected chi connectivity index (χ2v) is 13.8. The molecule has 0 spiro atoms. The zero-order valence-corrected chi connectivity index (χ0v) is 29.3. The number of benzene rings is 9. The van der Waals surface area contributed by atoms with Gasteiger partial charge in [-0.05, 0) is 92.0 Å². The highest BCUT2D eigenvalue weighted by atomic mass is 15.2. The van der Waals surface area contributed by atoms with E-state index in [-0.39, 0.29) is 0 Å². The van der Waals surface area contributed by atoms with Crippen LogP contribution < -0.4 is 0 Å². The molecule has 0 amide bonds. The fourth-order valence-electron chi connectivity index (χ4n) is 8.27. The summed E-state index contributed by atoms with van der Waals surface area (Å²) in [4.78, 5) is 11.2. The van der Waals surface area contributed by atoms with Crippen LogP contribution in [-0.2, 0) is 0 Å². The molecule has 11 rings (SSSR count). The van der Waals surface area contributed by atoms with Crippen LogP contribution in [0.4, 0.5) is 0 Å². The van der Waals surface area contributed by atoms with Gasteiger partial charge in [-0.2, -0.15) is 0 Å². The summed E-state index contributed by atoms with van der Waals surface area (Å²) in [5, 5.41) is 7.14. The number of imidazole rings is 2. The van der Waals surface area contributed by atoms with E-state index in [2.05, 4.69) is 203 Å². The van der Waals surface area contributed by atoms with Gasteiger partial charge >= 0.3 is 0 Å². The second kappa shape index (κ2) is 12.1. The van der Waals surface area contributed by atoms with Gasteiger partial charge < -0.3 is 0 Å². The van der Waals surface area contributed by atoms with Crippen LogP contribution in [0.2, 0.25) is 0 Å². The third-order valence-corrected chi connectivity index (χ3v) is 10.7. The summed E-state index contributed by atoms with van der Waals surface area (Å²) >= 11 is 0. The molecular formula is C50H32N4. The van der Waals surface area contributed by atoms with Crippen LogP contribution in [0.5, 0.6) is 0 Å². The lowest BCUT2D eigenvalue weighted by atomic mass is 9.89. The molecule has 0 aliphatic heterocycles. The minimum Gasteiger partial charge on any atom is -0.290 e. The number of hydrogen-bond acceptors (Lipinski definition) is 2. The predicted molar refractivity (Wildman–Crippen MR) is 225 cm³/mol. The molecule has 0 fully saturated rings. The summed E-state index contributed by atoms with van der Waals surface area (Å²) < 4.78 is 4.60. The van der Waals surface area contributed by atoms with Gasteiger partial charge in [0.1, 0.15) is 0 Å². The van der Waals surface area contributed by atoms with Gasteiger partial charge in [0.15, 0.2) is 11.6 Å². The van der Waals surface area contributed by atoms with Gasteiger partial charge in [-0.3, -0.25) is 9.13 Å². The van der Waals surface area contributed by atoms with Crippen LogP contribution in [-0.4, -0.2) is 19.1 Å². The highest BCUT2D eigenvalue weighted by molar-refractivity contribution is 6.21. The van der Waals surface area contributed by atoms with Crippen molar-refractivity contribution in [2.45, 2.75) is 0 Å². The van der Waals surface area contributed by atoms with Crippen LogP contribution in [0.3, 0.4) is 0 Å². The first kappa shape index (κ1) is 30.3. The van der Waals surface area contributed by atoms with Gasteiger partial charge in [0.25, 0.3) is 0 Å². The minimum absolute atomic E-state index is 0.774. The maximum atomic E-state index is 5.78. The van der Waals surface area contributed by atoms with Crippen molar-refractivity contribution in [2.75, 3.05) is 0 Å². The van der Waals surface area contributed by atoms with Crippen molar-refractivity contribution in [3.05, 3.63) is 194 Å². The van der Waals surface area contributed by atoms with Crippen molar-refractivity contribution < 1.29 is 0 Å². The van der Waals surface area contributed by atoms with Crippen LogP contribution in [0.15, 0.2) is 194 Å². The average molecular weight is 689 g/mol. The lowest BCUT2D eigenvalue weighted by Crippen LogP contribution is -2.04. The molecule has 0 aliphatic carbocycles. The van der Waals surface area contributed by atoms with E-state index in [1.165, 1.54) is 26.9 Å². The second-order valence-electron chi connectivity index (χ2n) is 13.8. The molecule has 0 bridgehead atoms. The first-order chi connectivity index (χ1) is 26.8. The first-order valence-electron chi connectivity index (χ1n) is 18.3. The third kappa shape index (κ3) is 4.70. The van der Waals surface area contributed by atoms with Crippen molar-refractivity contribution in [2.24, 2.45) is 0 Å². The summed E-state index contributed by atoms with van der Waals surface area (Å²) in [6, 6.07) is 69.1. The Morgan fingerprint density at radius 3 is 1.48 bits per heavy atom. The Morgan fingerprint density at radius 2 is 0.833 bits per heavy atom. The normalized spacial score (nSPS) is 11.7. The summed E-state index contributed by atoms with van der Waals surface area (Å²) in [6.45, 7) is 0. The Balaban J connectivity index is 1.36. The zero-order chi connectivity index (χ0) is 35.6. The SMILES string of the molecule is c1ccc(-n2c(-c3nc4c(-c5ccc6ccccc6c5)c5ccccc5c(-c5ccc6ccccc6c5)c4n3-c3ccccc3)nc3ccccc32)cc1. The Labute approximate surface area is 311 Å². The molecule has 0 aliphatic rings. The van der Waals surface area contributed by atoms with E-state index in [9.17, 15) is 0 Å². The van der Waals surface area contributed by atoms with Crippen LogP contribution in [0.25, 0.3) is 99.7 Å². The van der Waals surface area contributed by atoms with E-state index in [1.54, 1.807) is 0 Å². The fraction of sp³-hybridized carbons (Fsp3) is 0. The molecule has 2 heterocycles. The maximum Gasteiger partial charge on any atom is 0.182 e. The molecule has 0 unspecified atom stereocenters. The smallest absolute Gasteiger partial charge is 0.182 e. The number of fused-ring (bicyclic) bond motifs is 5. The van der Waals surface area contributed by atoms with Crippen molar-refractivity contribution in [3.8, 4) is 45.3 Å². The molecule has 0 atom stereocenters. The summed E-state index contributed by atoms with van der Waals surface area (Å²) in [7, 11) is 0. The topological polar surface area (TPSA) is 35.6 Å². The molecule has 2 aromatic heterocycles. The highest BCUT2D eigenvalue weighted by Crippen LogP contribution is 2.47.